The van der Waals surface area contributed by atoms with Crippen molar-refractivity contribution in [1.29, 1.82) is 5.26 Å². The van der Waals surface area contributed by atoms with Gasteiger partial charge in [0.25, 0.3) is 0 Å². The highest BCUT2D eigenvalue weighted by Gasteiger charge is 2.25. The number of hydrogen-bond donors (Lipinski definition) is 0. The van der Waals surface area contributed by atoms with Crippen molar-refractivity contribution in [1.82, 2.24) is 0 Å². The second-order valence-electron chi connectivity index (χ2n) is 2.75. The maximum atomic E-state index is 13.1. The van der Waals surface area contributed by atoms with E-state index in [1.165, 1.54) is 19.1 Å². The maximum absolute atomic E-state index is 13.1. The van der Waals surface area contributed by atoms with Crippen LogP contribution in [0.25, 0.3) is 0 Å². The third kappa shape index (κ3) is 1.75. The third-order valence-corrected chi connectivity index (χ3v) is 3.77. The Kier molecular flexibility index (Phi) is 2.87. The highest BCUT2D eigenvalue weighted by molar-refractivity contribution is 7.92. The molecular formula is C9H8FNO2S. The van der Waals surface area contributed by atoms with Crippen molar-refractivity contribution < 1.29 is 12.8 Å². The average Bonchev–Trinajstić information content (AvgIpc) is 2.17. The van der Waals surface area contributed by atoms with Gasteiger partial charge in [0.2, 0.25) is 0 Å². The Morgan fingerprint density at radius 1 is 1.43 bits per heavy atom. The molecule has 3 nitrogen and oxygen atoms in total. The first-order valence-corrected chi connectivity index (χ1v) is 5.43. The Bertz CT molecular complexity index is 476. The Labute approximate surface area is 81.7 Å². The molecule has 0 spiro atoms. The lowest BCUT2D eigenvalue weighted by atomic mass is 10.3. The first-order chi connectivity index (χ1) is 6.50. The van der Waals surface area contributed by atoms with Gasteiger partial charge < -0.3 is 0 Å². The molecule has 0 N–H and O–H groups in total. The number of nitriles is 1. The van der Waals surface area contributed by atoms with Crippen LogP contribution in [0, 0.1) is 17.1 Å². The van der Waals surface area contributed by atoms with Crippen LogP contribution in [-0.4, -0.2) is 13.7 Å². The van der Waals surface area contributed by atoms with Crippen LogP contribution in [0.5, 0.6) is 0 Å². The van der Waals surface area contributed by atoms with Crippen molar-refractivity contribution in [2.45, 2.75) is 17.1 Å². The highest BCUT2D eigenvalue weighted by atomic mass is 32.2. The topological polar surface area (TPSA) is 57.9 Å². The molecule has 0 radical (unpaired) electrons. The van der Waals surface area contributed by atoms with Gasteiger partial charge in [-0.2, -0.15) is 5.26 Å². The van der Waals surface area contributed by atoms with E-state index in [2.05, 4.69) is 0 Å². The van der Waals surface area contributed by atoms with Crippen molar-refractivity contribution in [3.63, 3.8) is 0 Å². The molecule has 1 rings (SSSR count). The highest BCUT2D eigenvalue weighted by Crippen LogP contribution is 2.18. The maximum Gasteiger partial charge on any atom is 0.197 e. The zero-order chi connectivity index (χ0) is 10.8. The summed E-state index contributed by atoms with van der Waals surface area (Å²) in [4.78, 5) is -0.422. The van der Waals surface area contributed by atoms with Gasteiger partial charge in [-0.25, -0.2) is 12.8 Å². The van der Waals surface area contributed by atoms with E-state index in [-0.39, 0.29) is 0 Å². The van der Waals surface area contributed by atoms with Crippen LogP contribution in [-0.2, 0) is 9.84 Å². The van der Waals surface area contributed by atoms with Gasteiger partial charge in [0.15, 0.2) is 9.84 Å². The Morgan fingerprint density at radius 2 is 2.00 bits per heavy atom. The summed E-state index contributed by atoms with van der Waals surface area (Å²) in [6.07, 6.45) is 0. The first-order valence-electron chi connectivity index (χ1n) is 3.88. The molecule has 1 aromatic rings. The molecule has 0 aliphatic heterocycles. The zero-order valence-electron chi connectivity index (χ0n) is 7.44. The van der Waals surface area contributed by atoms with E-state index in [4.69, 9.17) is 5.26 Å². The average molecular weight is 213 g/mol. The molecule has 14 heavy (non-hydrogen) atoms. The SMILES string of the molecule is CC(C#N)S(=O)(=O)c1ccccc1F. The Morgan fingerprint density at radius 3 is 2.50 bits per heavy atom. The molecule has 1 unspecified atom stereocenters. The quantitative estimate of drug-likeness (QED) is 0.748. The summed E-state index contributed by atoms with van der Waals surface area (Å²) >= 11 is 0. The lowest BCUT2D eigenvalue weighted by molar-refractivity contribution is 0.564. The molecule has 1 atom stereocenters. The smallest absolute Gasteiger partial charge is 0.197 e. The number of hydrogen-bond acceptors (Lipinski definition) is 3. The van der Waals surface area contributed by atoms with E-state index >= 15 is 0 Å². The predicted octanol–water partition coefficient (Wildman–Crippen LogP) is 1.51. The first kappa shape index (κ1) is 10.7. The number of nitrogens with zero attached hydrogens (tertiary/aromatic N) is 1. The molecule has 0 aliphatic carbocycles. The molecule has 74 valence electrons. The lowest BCUT2D eigenvalue weighted by Crippen LogP contribution is -2.17. The minimum atomic E-state index is -3.86. The van der Waals surface area contributed by atoms with Crippen LogP contribution < -0.4 is 0 Å². The molecule has 0 aliphatic rings. The van der Waals surface area contributed by atoms with Gasteiger partial charge in [0, 0.05) is 0 Å². The van der Waals surface area contributed by atoms with Crippen LogP contribution in [0.4, 0.5) is 4.39 Å². The third-order valence-electron chi connectivity index (χ3n) is 1.79. The van der Waals surface area contributed by atoms with Crippen LogP contribution in [0.1, 0.15) is 6.92 Å². The largest absolute Gasteiger partial charge is 0.222 e. The van der Waals surface area contributed by atoms with Gasteiger partial charge in [-0.05, 0) is 19.1 Å². The van der Waals surface area contributed by atoms with Gasteiger partial charge >= 0.3 is 0 Å². The monoisotopic (exact) mass is 213 g/mol. The number of rotatable bonds is 2. The summed E-state index contributed by atoms with van der Waals surface area (Å²) < 4.78 is 36.1. The molecule has 0 bridgehead atoms. The Balaban J connectivity index is 3.33. The second kappa shape index (κ2) is 3.76. The van der Waals surface area contributed by atoms with Crippen molar-refractivity contribution in [3.8, 4) is 6.07 Å². The van der Waals surface area contributed by atoms with E-state index in [0.717, 1.165) is 12.1 Å². The summed E-state index contributed by atoms with van der Waals surface area (Å²) in [5.74, 6) is -0.824. The van der Waals surface area contributed by atoms with E-state index in [1.807, 2.05) is 0 Å². The van der Waals surface area contributed by atoms with Crippen LogP contribution in [0.15, 0.2) is 29.2 Å². The standard InChI is InChI=1S/C9H8FNO2S/c1-7(6-11)14(12,13)9-5-3-2-4-8(9)10/h2-5,7H,1H3. The summed E-state index contributed by atoms with van der Waals surface area (Å²) in [7, 11) is -3.86. The minimum absolute atomic E-state index is 0.422. The number of halogens is 1. The van der Waals surface area contributed by atoms with E-state index < -0.39 is 25.8 Å². The molecule has 0 aromatic heterocycles. The molecule has 1 aromatic carbocycles. The van der Waals surface area contributed by atoms with Gasteiger partial charge in [-0.15, -0.1) is 0 Å². The fourth-order valence-corrected chi connectivity index (χ4v) is 2.06. The van der Waals surface area contributed by atoms with Gasteiger partial charge in [0.1, 0.15) is 16.0 Å². The van der Waals surface area contributed by atoms with Crippen molar-refractivity contribution in [3.05, 3.63) is 30.1 Å². The summed E-state index contributed by atoms with van der Waals surface area (Å²) in [6, 6.07) is 6.59. The van der Waals surface area contributed by atoms with E-state index in [0.29, 0.717) is 0 Å². The van der Waals surface area contributed by atoms with Gasteiger partial charge in [-0.1, -0.05) is 12.1 Å². The minimum Gasteiger partial charge on any atom is -0.222 e. The molecule has 0 heterocycles. The zero-order valence-corrected chi connectivity index (χ0v) is 8.25. The molecule has 0 saturated carbocycles. The van der Waals surface area contributed by atoms with E-state index in [9.17, 15) is 12.8 Å². The number of benzene rings is 1. The van der Waals surface area contributed by atoms with Crippen LogP contribution in [0.2, 0.25) is 0 Å². The van der Waals surface area contributed by atoms with Gasteiger partial charge in [0.05, 0.1) is 6.07 Å². The number of sulfone groups is 1. The van der Waals surface area contributed by atoms with Gasteiger partial charge in [-0.3, -0.25) is 0 Å². The molecule has 0 amide bonds. The van der Waals surface area contributed by atoms with Crippen LogP contribution >= 0.6 is 0 Å². The van der Waals surface area contributed by atoms with Crippen LogP contribution in [0.3, 0.4) is 0 Å². The summed E-state index contributed by atoms with van der Waals surface area (Å²) in [5, 5.41) is 7.23. The molecule has 0 saturated heterocycles. The normalized spacial score (nSPS) is 13.2. The van der Waals surface area contributed by atoms with Crippen molar-refractivity contribution >= 4 is 9.84 Å². The second-order valence-corrected chi connectivity index (χ2v) is 4.98. The van der Waals surface area contributed by atoms with Crippen molar-refractivity contribution in [2.75, 3.05) is 0 Å². The lowest BCUT2D eigenvalue weighted by Gasteiger charge is -2.05. The predicted molar refractivity (Wildman–Crippen MR) is 48.7 cm³/mol. The molecular weight excluding hydrogens is 205 g/mol. The van der Waals surface area contributed by atoms with E-state index in [1.54, 1.807) is 6.07 Å². The molecule has 0 fully saturated rings. The Hall–Kier alpha value is -1.41. The summed E-state index contributed by atoms with van der Waals surface area (Å²) in [5.41, 5.74) is 0. The van der Waals surface area contributed by atoms with Crippen molar-refractivity contribution in [2.24, 2.45) is 0 Å². The fourth-order valence-electron chi connectivity index (χ4n) is 0.935. The molecule has 5 heteroatoms. The summed E-state index contributed by atoms with van der Waals surface area (Å²) in [6.45, 7) is 1.22. The fraction of sp³-hybridized carbons (Fsp3) is 0.222.